The van der Waals surface area contributed by atoms with Gasteiger partial charge in [-0.15, -0.1) is 0 Å². The van der Waals surface area contributed by atoms with E-state index in [1.807, 2.05) is 42.5 Å². The number of carbonyl (C=O) groups excluding carboxylic acids is 1. The van der Waals surface area contributed by atoms with Crippen molar-refractivity contribution in [3.63, 3.8) is 0 Å². The largest absolute Gasteiger partial charge is 0.493 e. The number of fused-ring (bicyclic) bond motifs is 1. The molecule has 1 aliphatic rings. The predicted octanol–water partition coefficient (Wildman–Crippen LogP) is 3.80. The van der Waals surface area contributed by atoms with E-state index >= 15 is 0 Å². The molecular formula is C23H27NO5. The lowest BCUT2D eigenvalue weighted by molar-refractivity contribution is -0.126. The van der Waals surface area contributed by atoms with Crippen LogP contribution in [0.1, 0.15) is 18.9 Å². The van der Waals surface area contributed by atoms with E-state index in [9.17, 15) is 4.79 Å². The molecule has 1 unspecified atom stereocenters. The van der Waals surface area contributed by atoms with Crippen LogP contribution in [0.25, 0.3) is 6.08 Å². The van der Waals surface area contributed by atoms with Gasteiger partial charge in [0.2, 0.25) is 5.91 Å². The fraction of sp³-hybridized carbons (Fsp3) is 0.348. The molecule has 1 aliphatic heterocycles. The molecule has 0 aliphatic carbocycles. The van der Waals surface area contributed by atoms with Crippen molar-refractivity contribution in [2.24, 2.45) is 0 Å². The lowest BCUT2D eigenvalue weighted by Crippen LogP contribution is -2.41. The van der Waals surface area contributed by atoms with Crippen molar-refractivity contribution in [1.29, 1.82) is 0 Å². The highest BCUT2D eigenvalue weighted by Crippen LogP contribution is 2.31. The maximum absolute atomic E-state index is 12.5. The smallest absolute Gasteiger partial charge is 0.246 e. The van der Waals surface area contributed by atoms with Gasteiger partial charge in [-0.1, -0.05) is 25.1 Å². The van der Waals surface area contributed by atoms with Crippen LogP contribution < -0.4 is 18.9 Å². The third kappa shape index (κ3) is 5.44. The molecule has 0 radical (unpaired) electrons. The van der Waals surface area contributed by atoms with Crippen molar-refractivity contribution in [3.05, 3.63) is 54.1 Å². The molecule has 0 spiro atoms. The van der Waals surface area contributed by atoms with Crippen molar-refractivity contribution in [2.45, 2.75) is 19.4 Å². The second-order valence-electron chi connectivity index (χ2n) is 6.81. The second kappa shape index (κ2) is 9.87. The molecule has 2 aromatic rings. The molecule has 29 heavy (non-hydrogen) atoms. The summed E-state index contributed by atoms with van der Waals surface area (Å²) >= 11 is 0. The van der Waals surface area contributed by atoms with Gasteiger partial charge in [0.1, 0.15) is 6.61 Å². The fourth-order valence-electron chi connectivity index (χ4n) is 2.96. The van der Waals surface area contributed by atoms with Gasteiger partial charge in [-0.2, -0.15) is 0 Å². The zero-order chi connectivity index (χ0) is 20.6. The number of benzene rings is 2. The van der Waals surface area contributed by atoms with E-state index in [1.165, 1.54) is 0 Å². The summed E-state index contributed by atoms with van der Waals surface area (Å²) in [4.78, 5) is 14.1. The van der Waals surface area contributed by atoms with E-state index in [-0.39, 0.29) is 12.0 Å². The molecule has 0 aromatic heterocycles. The van der Waals surface area contributed by atoms with E-state index in [1.54, 1.807) is 31.2 Å². The van der Waals surface area contributed by atoms with Crippen LogP contribution in [0.4, 0.5) is 0 Å². The molecule has 6 heteroatoms. The first kappa shape index (κ1) is 20.6. The Labute approximate surface area is 171 Å². The van der Waals surface area contributed by atoms with Crippen molar-refractivity contribution >= 4 is 12.0 Å². The average molecular weight is 397 g/mol. The topological polar surface area (TPSA) is 57.2 Å². The summed E-state index contributed by atoms with van der Waals surface area (Å²) in [5, 5.41) is 0. The highest BCUT2D eigenvalue weighted by atomic mass is 16.6. The summed E-state index contributed by atoms with van der Waals surface area (Å²) in [6.07, 6.45) is 4.02. The van der Waals surface area contributed by atoms with Crippen LogP contribution in [-0.4, -0.2) is 50.8 Å². The SMILES string of the molecule is CCCOc1ccc(/C=C/C(=O)N(C)CC2COc3ccccc3O2)cc1OC. The Hall–Kier alpha value is -3.15. The summed E-state index contributed by atoms with van der Waals surface area (Å²) in [5.41, 5.74) is 0.860. The van der Waals surface area contributed by atoms with Crippen LogP contribution in [-0.2, 0) is 4.79 Å². The molecule has 0 saturated carbocycles. The number of carbonyl (C=O) groups is 1. The molecular weight excluding hydrogens is 370 g/mol. The molecule has 6 nitrogen and oxygen atoms in total. The van der Waals surface area contributed by atoms with Gasteiger partial charge in [0.15, 0.2) is 29.1 Å². The average Bonchev–Trinajstić information content (AvgIpc) is 2.76. The van der Waals surface area contributed by atoms with E-state index in [0.29, 0.717) is 37.0 Å². The number of methoxy groups -OCH3 is 1. The van der Waals surface area contributed by atoms with Gasteiger partial charge >= 0.3 is 0 Å². The first-order valence-corrected chi connectivity index (χ1v) is 9.73. The maximum atomic E-state index is 12.5. The Bertz CT molecular complexity index is 864. The van der Waals surface area contributed by atoms with Crippen LogP contribution >= 0.6 is 0 Å². The van der Waals surface area contributed by atoms with Crippen LogP contribution in [0.5, 0.6) is 23.0 Å². The van der Waals surface area contributed by atoms with Gasteiger partial charge < -0.3 is 23.8 Å². The Morgan fingerprint density at radius 1 is 1.21 bits per heavy atom. The minimum atomic E-state index is -0.206. The zero-order valence-corrected chi connectivity index (χ0v) is 17.1. The summed E-state index contributed by atoms with van der Waals surface area (Å²) < 4.78 is 22.7. The van der Waals surface area contributed by atoms with Crippen LogP contribution in [0.15, 0.2) is 48.5 Å². The van der Waals surface area contributed by atoms with Gasteiger partial charge in [-0.05, 0) is 42.3 Å². The van der Waals surface area contributed by atoms with Crippen LogP contribution in [0.2, 0.25) is 0 Å². The van der Waals surface area contributed by atoms with Gasteiger partial charge in [-0.25, -0.2) is 0 Å². The second-order valence-corrected chi connectivity index (χ2v) is 6.81. The molecule has 2 aromatic carbocycles. The zero-order valence-electron chi connectivity index (χ0n) is 17.1. The van der Waals surface area contributed by atoms with Gasteiger partial charge in [-0.3, -0.25) is 4.79 Å². The van der Waals surface area contributed by atoms with Crippen molar-refractivity contribution in [1.82, 2.24) is 4.90 Å². The van der Waals surface area contributed by atoms with E-state index in [0.717, 1.165) is 17.7 Å². The fourth-order valence-corrected chi connectivity index (χ4v) is 2.96. The monoisotopic (exact) mass is 397 g/mol. The lowest BCUT2D eigenvalue weighted by Gasteiger charge is -2.29. The molecule has 1 atom stereocenters. The number of para-hydroxylation sites is 2. The Morgan fingerprint density at radius 2 is 2.00 bits per heavy atom. The molecule has 1 amide bonds. The van der Waals surface area contributed by atoms with E-state index in [4.69, 9.17) is 18.9 Å². The summed E-state index contributed by atoms with van der Waals surface area (Å²) in [6.45, 7) is 3.53. The number of ether oxygens (including phenoxy) is 4. The predicted molar refractivity (Wildman–Crippen MR) is 112 cm³/mol. The number of likely N-dealkylation sites (N-methyl/N-ethyl adjacent to an activating group) is 1. The highest BCUT2D eigenvalue weighted by Gasteiger charge is 2.23. The number of hydrogen-bond donors (Lipinski definition) is 0. The first-order chi connectivity index (χ1) is 14.1. The van der Waals surface area contributed by atoms with Crippen LogP contribution in [0, 0.1) is 0 Å². The van der Waals surface area contributed by atoms with Gasteiger partial charge in [0.05, 0.1) is 20.3 Å². The number of rotatable bonds is 8. The first-order valence-electron chi connectivity index (χ1n) is 9.73. The number of hydrogen-bond acceptors (Lipinski definition) is 5. The van der Waals surface area contributed by atoms with Gasteiger partial charge in [0.25, 0.3) is 0 Å². The summed E-state index contributed by atoms with van der Waals surface area (Å²) in [5.74, 6) is 2.67. The van der Waals surface area contributed by atoms with Crippen LogP contribution in [0.3, 0.4) is 0 Å². The number of amides is 1. The third-order valence-electron chi connectivity index (χ3n) is 4.49. The summed E-state index contributed by atoms with van der Waals surface area (Å²) in [6, 6.07) is 13.1. The molecule has 0 saturated heterocycles. The van der Waals surface area contributed by atoms with E-state index < -0.39 is 0 Å². The molecule has 0 bridgehead atoms. The molecule has 1 heterocycles. The normalized spacial score (nSPS) is 15.2. The number of nitrogens with zero attached hydrogens (tertiary/aromatic N) is 1. The standard InChI is InChI=1S/C23H27NO5/c1-4-13-27-20-11-9-17(14-22(20)26-3)10-12-23(25)24(2)15-18-16-28-19-7-5-6-8-21(19)29-18/h5-12,14,18H,4,13,15-16H2,1-3H3/b12-10+. The molecule has 0 N–H and O–H groups in total. The highest BCUT2D eigenvalue weighted by molar-refractivity contribution is 5.91. The maximum Gasteiger partial charge on any atom is 0.246 e. The minimum Gasteiger partial charge on any atom is -0.493 e. The van der Waals surface area contributed by atoms with Crippen molar-refractivity contribution in [2.75, 3.05) is 33.9 Å². The summed E-state index contributed by atoms with van der Waals surface area (Å²) in [7, 11) is 3.35. The Kier molecular flexibility index (Phi) is 7.00. The molecule has 154 valence electrons. The minimum absolute atomic E-state index is 0.113. The van der Waals surface area contributed by atoms with E-state index in [2.05, 4.69) is 6.92 Å². The third-order valence-corrected chi connectivity index (χ3v) is 4.49. The van der Waals surface area contributed by atoms with Crippen molar-refractivity contribution < 1.29 is 23.7 Å². The van der Waals surface area contributed by atoms with Gasteiger partial charge in [0, 0.05) is 13.1 Å². The Balaban J connectivity index is 1.57. The molecule has 0 fully saturated rings. The quantitative estimate of drug-likeness (QED) is 0.634. The Morgan fingerprint density at radius 3 is 2.76 bits per heavy atom. The van der Waals surface area contributed by atoms with Crippen molar-refractivity contribution in [3.8, 4) is 23.0 Å². The molecule has 3 rings (SSSR count). The lowest BCUT2D eigenvalue weighted by atomic mass is 10.2.